The van der Waals surface area contributed by atoms with Gasteiger partial charge in [0.05, 0.1) is 6.42 Å². The minimum absolute atomic E-state index is 0.122. The number of hydrogen-bond acceptors (Lipinski definition) is 8. The summed E-state index contributed by atoms with van der Waals surface area (Å²) in [4.78, 5) is 37.8. The number of aliphatic hydroxyl groups excluding tert-OH is 1. The fraction of sp³-hybridized carbons (Fsp3) is 0.222. The molecule has 3 aromatic carbocycles. The monoisotopic (exact) mass is 478 g/mol. The molecule has 0 bridgehead atoms. The molecule has 2 atom stereocenters. The molecule has 8 heteroatoms. The van der Waals surface area contributed by atoms with E-state index in [4.69, 9.17) is 14.2 Å². The Kier molecular flexibility index (Phi) is 9.11. The molecule has 3 rings (SSSR count). The van der Waals surface area contributed by atoms with Gasteiger partial charge in [-0.15, -0.1) is 0 Å². The Morgan fingerprint density at radius 1 is 0.657 bits per heavy atom. The first-order chi connectivity index (χ1) is 16.9. The van der Waals surface area contributed by atoms with Crippen molar-refractivity contribution in [1.29, 1.82) is 0 Å². The summed E-state index contributed by atoms with van der Waals surface area (Å²) in [7, 11) is 0. The van der Waals surface area contributed by atoms with Crippen molar-refractivity contribution in [3.05, 3.63) is 108 Å². The lowest BCUT2D eigenvalue weighted by Gasteiger charge is -2.28. The van der Waals surface area contributed by atoms with E-state index < -0.39 is 36.0 Å². The van der Waals surface area contributed by atoms with Gasteiger partial charge in [-0.3, -0.25) is 4.79 Å². The van der Waals surface area contributed by atoms with E-state index in [1.165, 1.54) is 0 Å². The molecule has 0 aliphatic heterocycles. The maximum atomic E-state index is 12.8. The van der Waals surface area contributed by atoms with Gasteiger partial charge in [-0.05, 0) is 16.7 Å². The lowest BCUT2D eigenvalue weighted by atomic mass is 9.92. The normalized spacial score (nSPS) is 13.2. The molecule has 0 amide bonds. The van der Waals surface area contributed by atoms with Crippen molar-refractivity contribution in [2.24, 2.45) is 0 Å². The van der Waals surface area contributed by atoms with E-state index in [0.29, 0.717) is 16.7 Å². The molecule has 182 valence electrons. The summed E-state index contributed by atoms with van der Waals surface area (Å²) in [5.41, 5.74) is -1.00. The molecule has 2 unspecified atom stereocenters. The van der Waals surface area contributed by atoms with Crippen LogP contribution in [-0.2, 0) is 48.4 Å². The van der Waals surface area contributed by atoms with Crippen molar-refractivity contribution < 1.29 is 38.8 Å². The van der Waals surface area contributed by atoms with Gasteiger partial charge in [0.2, 0.25) is 5.60 Å². The highest BCUT2D eigenvalue weighted by atomic mass is 16.6. The smallest absolute Gasteiger partial charge is 0.342 e. The summed E-state index contributed by atoms with van der Waals surface area (Å²) in [5.74, 6) is -3.66. The highest BCUT2D eigenvalue weighted by molar-refractivity contribution is 5.92. The summed E-state index contributed by atoms with van der Waals surface area (Å²) in [6.07, 6.45) is -3.41. The molecule has 0 saturated carbocycles. The van der Waals surface area contributed by atoms with Crippen LogP contribution in [-0.4, -0.2) is 39.8 Å². The van der Waals surface area contributed by atoms with E-state index in [9.17, 15) is 24.6 Å². The Bertz CT molecular complexity index is 1100. The van der Waals surface area contributed by atoms with Gasteiger partial charge in [-0.1, -0.05) is 91.0 Å². The van der Waals surface area contributed by atoms with Crippen LogP contribution in [0.2, 0.25) is 0 Å². The fourth-order valence-electron chi connectivity index (χ4n) is 3.14. The number of rotatable bonds is 11. The average molecular weight is 478 g/mol. The van der Waals surface area contributed by atoms with Crippen molar-refractivity contribution in [2.45, 2.75) is 37.9 Å². The van der Waals surface area contributed by atoms with Crippen molar-refractivity contribution in [3.8, 4) is 0 Å². The Balaban J connectivity index is 1.70. The van der Waals surface area contributed by atoms with Crippen LogP contribution in [0.15, 0.2) is 91.0 Å². The zero-order valence-corrected chi connectivity index (χ0v) is 18.9. The van der Waals surface area contributed by atoms with Crippen LogP contribution >= 0.6 is 0 Å². The summed E-state index contributed by atoms with van der Waals surface area (Å²) in [5, 5.41) is 21.6. The fourth-order valence-corrected chi connectivity index (χ4v) is 3.14. The maximum absolute atomic E-state index is 12.8. The molecular weight excluding hydrogens is 452 g/mol. The quantitative estimate of drug-likeness (QED) is 0.319. The zero-order valence-electron chi connectivity index (χ0n) is 18.9. The van der Waals surface area contributed by atoms with Gasteiger partial charge in [0.25, 0.3) is 0 Å². The van der Waals surface area contributed by atoms with Crippen LogP contribution in [0.5, 0.6) is 0 Å². The molecule has 0 fully saturated rings. The Morgan fingerprint density at radius 2 is 1.06 bits per heavy atom. The minimum Gasteiger partial charge on any atom is -0.461 e. The molecular formula is C27H26O8. The second kappa shape index (κ2) is 12.5. The van der Waals surface area contributed by atoms with Crippen LogP contribution in [0.3, 0.4) is 0 Å². The maximum Gasteiger partial charge on any atom is 0.342 e. The van der Waals surface area contributed by atoms with E-state index in [1.54, 1.807) is 91.0 Å². The number of benzene rings is 3. The molecule has 35 heavy (non-hydrogen) atoms. The predicted octanol–water partition coefficient (Wildman–Crippen LogP) is 2.70. The molecule has 0 aliphatic carbocycles. The number of carbonyl (C=O) groups is 3. The van der Waals surface area contributed by atoms with Crippen molar-refractivity contribution in [3.63, 3.8) is 0 Å². The third kappa shape index (κ3) is 7.49. The summed E-state index contributed by atoms with van der Waals surface area (Å²) in [6, 6.07) is 26.0. The van der Waals surface area contributed by atoms with E-state index in [1.807, 2.05) is 0 Å². The van der Waals surface area contributed by atoms with Gasteiger partial charge >= 0.3 is 17.9 Å². The van der Waals surface area contributed by atoms with Gasteiger partial charge < -0.3 is 24.4 Å². The van der Waals surface area contributed by atoms with Crippen LogP contribution in [0.25, 0.3) is 0 Å². The number of esters is 3. The van der Waals surface area contributed by atoms with Gasteiger partial charge in [-0.2, -0.15) is 0 Å². The molecule has 0 aliphatic rings. The Labute approximate surface area is 202 Å². The van der Waals surface area contributed by atoms with Gasteiger partial charge in [0.1, 0.15) is 19.8 Å². The van der Waals surface area contributed by atoms with Crippen molar-refractivity contribution >= 4 is 17.9 Å². The summed E-state index contributed by atoms with van der Waals surface area (Å²) < 4.78 is 15.3. The first-order valence-electron chi connectivity index (χ1n) is 10.9. The summed E-state index contributed by atoms with van der Waals surface area (Å²) in [6.45, 7) is -0.569. The third-order valence-electron chi connectivity index (χ3n) is 5.12. The highest BCUT2D eigenvalue weighted by Crippen LogP contribution is 2.22. The first-order valence-corrected chi connectivity index (χ1v) is 10.9. The number of ether oxygens (including phenoxy) is 3. The lowest BCUT2D eigenvalue weighted by Crippen LogP contribution is -2.55. The first kappa shape index (κ1) is 25.6. The number of hydrogen-bond donors (Lipinski definition) is 2. The molecule has 0 aromatic heterocycles. The van der Waals surface area contributed by atoms with Crippen LogP contribution < -0.4 is 0 Å². The van der Waals surface area contributed by atoms with Gasteiger partial charge in [0.15, 0.2) is 6.10 Å². The lowest BCUT2D eigenvalue weighted by molar-refractivity contribution is -0.196. The van der Waals surface area contributed by atoms with E-state index in [-0.39, 0.29) is 19.8 Å². The number of aliphatic hydroxyl groups is 2. The number of carbonyl (C=O) groups excluding carboxylic acids is 3. The Hall–Kier alpha value is -4.01. The van der Waals surface area contributed by atoms with Crippen molar-refractivity contribution in [2.75, 3.05) is 0 Å². The van der Waals surface area contributed by atoms with E-state index >= 15 is 0 Å². The van der Waals surface area contributed by atoms with Gasteiger partial charge in [0, 0.05) is 0 Å². The predicted molar refractivity (Wildman–Crippen MR) is 124 cm³/mol. The SMILES string of the molecule is O=C(CC(O)(C(=O)OCc1ccccc1)C(O)C(=O)OCc1ccccc1)OCc1ccccc1. The summed E-state index contributed by atoms with van der Waals surface area (Å²) >= 11 is 0. The standard InChI is InChI=1S/C27H26O8/c28-23(33-17-20-10-4-1-5-11-20)16-27(32,26(31)35-19-22-14-8-3-9-15-22)24(29)25(30)34-18-21-12-6-2-7-13-21/h1-15,24,29,32H,16-19H2. The molecule has 8 nitrogen and oxygen atoms in total. The molecule has 0 saturated heterocycles. The topological polar surface area (TPSA) is 119 Å². The Morgan fingerprint density at radius 3 is 1.51 bits per heavy atom. The molecule has 3 aromatic rings. The van der Waals surface area contributed by atoms with Crippen LogP contribution in [0.4, 0.5) is 0 Å². The molecule has 0 spiro atoms. The second-order valence-corrected chi connectivity index (χ2v) is 7.80. The van der Waals surface area contributed by atoms with Crippen molar-refractivity contribution in [1.82, 2.24) is 0 Å². The molecule has 2 N–H and O–H groups in total. The average Bonchev–Trinajstić information content (AvgIpc) is 2.90. The highest BCUT2D eigenvalue weighted by Gasteiger charge is 2.51. The van der Waals surface area contributed by atoms with Crippen LogP contribution in [0, 0.1) is 0 Å². The molecule has 0 radical (unpaired) electrons. The van der Waals surface area contributed by atoms with E-state index in [0.717, 1.165) is 0 Å². The molecule has 0 heterocycles. The van der Waals surface area contributed by atoms with E-state index in [2.05, 4.69) is 0 Å². The largest absolute Gasteiger partial charge is 0.461 e. The second-order valence-electron chi connectivity index (χ2n) is 7.80. The minimum atomic E-state index is -2.92. The van der Waals surface area contributed by atoms with Crippen LogP contribution in [0.1, 0.15) is 23.1 Å². The third-order valence-corrected chi connectivity index (χ3v) is 5.12. The van der Waals surface area contributed by atoms with Gasteiger partial charge in [-0.25, -0.2) is 9.59 Å². The zero-order chi connectivity index (χ0) is 25.1.